The third-order valence-electron chi connectivity index (χ3n) is 4.54. The molecule has 0 bridgehead atoms. The molecule has 132 valence electrons. The Morgan fingerprint density at radius 1 is 0.680 bits per heavy atom. The molecule has 0 amide bonds. The average molecular weight is 393 g/mol. The summed E-state index contributed by atoms with van der Waals surface area (Å²) >= 11 is 1.72. The lowest BCUT2D eigenvalue weighted by atomic mass is 10.1. The fraction of sp³-hybridized carbons (Fsp3) is 0.400. The molecule has 0 aromatic heterocycles. The van der Waals surface area contributed by atoms with E-state index in [1.165, 1.54) is 32.8 Å². The molecule has 2 aromatic carbocycles. The first-order chi connectivity index (χ1) is 12.2. The Morgan fingerprint density at radius 2 is 1.04 bits per heavy atom. The van der Waals surface area contributed by atoms with Gasteiger partial charge in [-0.15, -0.1) is 0 Å². The molecule has 4 rings (SSSR count). The van der Waals surface area contributed by atoms with E-state index in [4.69, 9.17) is 0 Å². The smallest absolute Gasteiger partial charge is 0.152 e. The molecule has 2 N–H and O–H groups in total. The molecule has 0 radical (unpaired) electrons. The SMILES string of the molecule is OC(C[S+]1CC1)c1ccc(Sc2ccc(C(O)C[S+]3CC3)cc2)cc1. The van der Waals surface area contributed by atoms with Gasteiger partial charge in [0.1, 0.15) is 23.7 Å². The van der Waals surface area contributed by atoms with Crippen LogP contribution in [0.4, 0.5) is 0 Å². The van der Waals surface area contributed by atoms with Crippen molar-refractivity contribution in [2.24, 2.45) is 0 Å². The zero-order valence-electron chi connectivity index (χ0n) is 14.1. The molecule has 25 heavy (non-hydrogen) atoms. The third kappa shape index (κ3) is 5.20. The summed E-state index contributed by atoms with van der Waals surface area (Å²) in [6.45, 7) is 0. The van der Waals surface area contributed by atoms with Crippen molar-refractivity contribution in [3.63, 3.8) is 0 Å². The normalized spacial score (nSPS) is 19.6. The summed E-state index contributed by atoms with van der Waals surface area (Å²) in [5.74, 6) is 7.07. The van der Waals surface area contributed by atoms with Gasteiger partial charge in [0.15, 0.2) is 23.0 Å². The highest BCUT2D eigenvalue weighted by Crippen LogP contribution is 2.31. The summed E-state index contributed by atoms with van der Waals surface area (Å²) in [4.78, 5) is 2.36. The summed E-state index contributed by atoms with van der Waals surface area (Å²) in [7, 11) is 0.971. The Morgan fingerprint density at radius 3 is 1.36 bits per heavy atom. The molecule has 5 heteroatoms. The van der Waals surface area contributed by atoms with Crippen molar-refractivity contribution in [3.05, 3.63) is 59.7 Å². The maximum atomic E-state index is 10.2. The standard InChI is InChI=1S/C20H24O2S3/c21-19(13-24-9-10-24)15-1-5-17(6-2-15)23-18-7-3-16(4-8-18)20(22)14-25-11-12-25/h1-8,19-22H,9-14H2/q+2. The van der Waals surface area contributed by atoms with E-state index in [1.807, 2.05) is 0 Å². The molecule has 2 nitrogen and oxygen atoms in total. The Hall–Kier alpha value is -0.590. The molecule has 0 aliphatic carbocycles. The molecule has 2 heterocycles. The van der Waals surface area contributed by atoms with Crippen LogP contribution < -0.4 is 0 Å². The van der Waals surface area contributed by atoms with E-state index in [0.29, 0.717) is 21.8 Å². The van der Waals surface area contributed by atoms with Gasteiger partial charge in [-0.05, 0) is 35.4 Å². The molecule has 0 saturated carbocycles. The Balaban J connectivity index is 1.34. The minimum absolute atomic E-state index is 0.308. The van der Waals surface area contributed by atoms with Crippen LogP contribution in [-0.4, -0.2) is 44.7 Å². The van der Waals surface area contributed by atoms with Crippen LogP contribution in [0.1, 0.15) is 23.3 Å². The van der Waals surface area contributed by atoms with E-state index in [2.05, 4.69) is 48.5 Å². The first-order valence-electron chi connectivity index (χ1n) is 8.69. The number of aliphatic hydroxyl groups is 2. The van der Waals surface area contributed by atoms with Crippen LogP contribution in [0.25, 0.3) is 0 Å². The second-order valence-electron chi connectivity index (χ2n) is 6.65. The maximum Gasteiger partial charge on any atom is 0.152 e. The second-order valence-corrected chi connectivity index (χ2v) is 12.5. The van der Waals surface area contributed by atoms with Crippen LogP contribution in [0.2, 0.25) is 0 Å². The van der Waals surface area contributed by atoms with Gasteiger partial charge in [0.05, 0.1) is 0 Å². The highest BCUT2D eigenvalue weighted by Gasteiger charge is 2.37. The maximum absolute atomic E-state index is 10.2. The van der Waals surface area contributed by atoms with Crippen LogP contribution in [0.15, 0.2) is 58.3 Å². The molecule has 2 aromatic rings. The summed E-state index contributed by atoms with van der Waals surface area (Å²) in [5.41, 5.74) is 2.06. The van der Waals surface area contributed by atoms with Gasteiger partial charge in [-0.25, -0.2) is 0 Å². The van der Waals surface area contributed by atoms with Crippen LogP contribution in [-0.2, 0) is 21.8 Å². The number of hydrogen-bond donors (Lipinski definition) is 2. The van der Waals surface area contributed by atoms with E-state index >= 15 is 0 Å². The predicted molar refractivity (Wildman–Crippen MR) is 111 cm³/mol. The van der Waals surface area contributed by atoms with Crippen LogP contribution in [0, 0.1) is 0 Å². The lowest BCUT2D eigenvalue weighted by Crippen LogP contribution is -2.05. The van der Waals surface area contributed by atoms with Gasteiger partial charge in [0.2, 0.25) is 0 Å². The molecule has 2 aliphatic rings. The fourth-order valence-corrected chi connectivity index (χ4v) is 6.45. The highest BCUT2D eigenvalue weighted by molar-refractivity contribution is 8.03. The van der Waals surface area contributed by atoms with Gasteiger partial charge in [0.25, 0.3) is 0 Å². The monoisotopic (exact) mass is 392 g/mol. The molecule has 2 atom stereocenters. The minimum atomic E-state index is -0.308. The number of hydrogen-bond acceptors (Lipinski definition) is 3. The molecule has 2 unspecified atom stereocenters. The molecule has 0 spiro atoms. The topological polar surface area (TPSA) is 40.5 Å². The van der Waals surface area contributed by atoms with Crippen molar-refractivity contribution in [2.45, 2.75) is 22.0 Å². The summed E-state index contributed by atoms with van der Waals surface area (Å²) in [5, 5.41) is 20.5. The fourth-order valence-electron chi connectivity index (χ4n) is 2.74. The van der Waals surface area contributed by atoms with Gasteiger partial charge in [-0.1, -0.05) is 36.0 Å². The van der Waals surface area contributed by atoms with Gasteiger partial charge in [-0.3, -0.25) is 0 Å². The molecule has 2 aliphatic heterocycles. The average Bonchev–Trinajstić information content (AvgIpc) is 3.53. The van der Waals surface area contributed by atoms with E-state index in [-0.39, 0.29) is 12.2 Å². The van der Waals surface area contributed by atoms with Crippen molar-refractivity contribution in [1.29, 1.82) is 0 Å². The van der Waals surface area contributed by atoms with E-state index in [0.717, 1.165) is 22.6 Å². The Kier molecular flexibility index (Phi) is 5.68. The highest BCUT2D eigenvalue weighted by atomic mass is 32.2. The number of benzene rings is 2. The predicted octanol–water partition coefficient (Wildman–Crippen LogP) is 3.17. The van der Waals surface area contributed by atoms with E-state index in [1.54, 1.807) is 11.8 Å². The lowest BCUT2D eigenvalue weighted by Gasteiger charge is -2.09. The van der Waals surface area contributed by atoms with Crippen molar-refractivity contribution in [3.8, 4) is 0 Å². The second kappa shape index (κ2) is 7.97. The molecule has 2 fully saturated rings. The van der Waals surface area contributed by atoms with Crippen LogP contribution >= 0.6 is 11.8 Å². The van der Waals surface area contributed by atoms with Gasteiger partial charge in [-0.2, -0.15) is 0 Å². The Bertz CT molecular complexity index is 632. The number of aliphatic hydroxyl groups excluding tert-OH is 2. The third-order valence-corrected chi connectivity index (χ3v) is 9.10. The summed E-state index contributed by atoms with van der Waals surface area (Å²) in [6, 6.07) is 16.6. The van der Waals surface area contributed by atoms with E-state index < -0.39 is 0 Å². The quantitative estimate of drug-likeness (QED) is 0.535. The van der Waals surface area contributed by atoms with Crippen LogP contribution in [0.5, 0.6) is 0 Å². The molecular formula is C20H24O2S3+2. The van der Waals surface area contributed by atoms with Crippen molar-refractivity contribution in [1.82, 2.24) is 0 Å². The molecular weight excluding hydrogens is 368 g/mol. The zero-order chi connectivity index (χ0) is 17.2. The molecule has 2 saturated heterocycles. The van der Waals surface area contributed by atoms with Crippen molar-refractivity contribution >= 4 is 33.6 Å². The largest absolute Gasteiger partial charge is 0.383 e. The van der Waals surface area contributed by atoms with Crippen LogP contribution in [0.3, 0.4) is 0 Å². The van der Waals surface area contributed by atoms with Crippen molar-refractivity contribution in [2.75, 3.05) is 34.5 Å². The summed E-state index contributed by atoms with van der Waals surface area (Å²) < 4.78 is 0. The first kappa shape index (κ1) is 17.8. The first-order valence-corrected chi connectivity index (χ1v) is 13.0. The van der Waals surface area contributed by atoms with Gasteiger partial charge in [0, 0.05) is 31.6 Å². The summed E-state index contributed by atoms with van der Waals surface area (Å²) in [6.07, 6.45) is -0.615. The van der Waals surface area contributed by atoms with E-state index in [9.17, 15) is 10.2 Å². The van der Waals surface area contributed by atoms with Crippen molar-refractivity contribution < 1.29 is 10.2 Å². The minimum Gasteiger partial charge on any atom is -0.383 e. The van der Waals surface area contributed by atoms with Gasteiger partial charge < -0.3 is 10.2 Å². The zero-order valence-corrected chi connectivity index (χ0v) is 16.6. The lowest BCUT2D eigenvalue weighted by molar-refractivity contribution is 0.203. The van der Waals surface area contributed by atoms with Gasteiger partial charge >= 0.3 is 0 Å². The Labute approximate surface area is 159 Å². The number of rotatable bonds is 8.